The second-order valence-electron chi connectivity index (χ2n) is 3.54. The van der Waals surface area contributed by atoms with Gasteiger partial charge in [0.25, 0.3) is 0 Å². The van der Waals surface area contributed by atoms with Gasteiger partial charge in [0.05, 0.1) is 0 Å². The fourth-order valence-electron chi connectivity index (χ4n) is 1.56. The first kappa shape index (κ1) is 8.17. The zero-order valence-corrected chi connectivity index (χ0v) is 7.86. The molecule has 0 atom stereocenters. The molecule has 1 aromatic heterocycles. The minimum Gasteiger partial charge on any atom is -0.494 e. The van der Waals surface area contributed by atoms with Crippen LogP contribution in [0.3, 0.4) is 0 Å². The predicted molar refractivity (Wildman–Crippen MR) is 54.0 cm³/mol. The summed E-state index contributed by atoms with van der Waals surface area (Å²) < 4.78 is 1.88. The third-order valence-electron chi connectivity index (χ3n) is 2.28. The molecule has 0 fully saturated rings. The maximum atomic E-state index is 9.82. The Balaban J connectivity index is 2.74. The van der Waals surface area contributed by atoms with Gasteiger partial charge >= 0.3 is 0 Å². The summed E-state index contributed by atoms with van der Waals surface area (Å²) in [5.74, 6) is 0.366. The van der Waals surface area contributed by atoms with Crippen molar-refractivity contribution in [2.75, 3.05) is 0 Å². The van der Waals surface area contributed by atoms with E-state index in [1.165, 1.54) is 0 Å². The molecule has 1 aromatic carbocycles. The van der Waals surface area contributed by atoms with E-state index in [2.05, 4.69) is 13.8 Å². The molecule has 2 rings (SSSR count). The first-order valence-corrected chi connectivity index (χ1v) is 4.48. The second-order valence-corrected chi connectivity index (χ2v) is 3.54. The molecule has 0 bridgehead atoms. The third kappa shape index (κ3) is 1.18. The van der Waals surface area contributed by atoms with Crippen LogP contribution in [0.1, 0.15) is 19.9 Å². The molecule has 2 nitrogen and oxygen atoms in total. The molecule has 0 saturated carbocycles. The van der Waals surface area contributed by atoms with Crippen molar-refractivity contribution < 1.29 is 5.11 Å². The highest BCUT2D eigenvalue weighted by molar-refractivity contribution is 5.87. The first-order valence-electron chi connectivity index (χ1n) is 4.48. The second kappa shape index (κ2) is 2.80. The zero-order valence-electron chi connectivity index (χ0n) is 7.86. The highest BCUT2D eigenvalue weighted by Gasteiger charge is 2.08. The van der Waals surface area contributed by atoms with E-state index >= 15 is 0 Å². The fraction of sp³-hybridized carbons (Fsp3) is 0.273. The minimum atomic E-state index is 0.299. The Morgan fingerprint density at radius 3 is 2.54 bits per heavy atom. The first-order chi connectivity index (χ1) is 6.20. The SMILES string of the molecule is CC(C)n1cc2ccccc2c1O. The van der Waals surface area contributed by atoms with Gasteiger partial charge in [-0.15, -0.1) is 0 Å². The smallest absolute Gasteiger partial charge is 0.199 e. The Bertz CT molecular complexity index is 429. The van der Waals surface area contributed by atoms with Crippen LogP contribution in [-0.2, 0) is 0 Å². The quantitative estimate of drug-likeness (QED) is 0.708. The lowest BCUT2D eigenvalue weighted by molar-refractivity contribution is 0.405. The Hall–Kier alpha value is -1.44. The van der Waals surface area contributed by atoms with Gasteiger partial charge in [0.2, 0.25) is 0 Å². The van der Waals surface area contributed by atoms with Crippen LogP contribution >= 0.6 is 0 Å². The lowest BCUT2D eigenvalue weighted by atomic mass is 10.2. The Kier molecular flexibility index (Phi) is 1.76. The molecule has 2 heteroatoms. The van der Waals surface area contributed by atoms with E-state index in [0.29, 0.717) is 11.9 Å². The maximum Gasteiger partial charge on any atom is 0.199 e. The van der Waals surface area contributed by atoms with Gasteiger partial charge in [-0.25, -0.2) is 0 Å². The van der Waals surface area contributed by atoms with Crippen LogP contribution in [0.2, 0.25) is 0 Å². The monoisotopic (exact) mass is 175 g/mol. The predicted octanol–water partition coefficient (Wildman–Crippen LogP) is 2.93. The van der Waals surface area contributed by atoms with Gasteiger partial charge in [-0.2, -0.15) is 0 Å². The van der Waals surface area contributed by atoms with Crippen molar-refractivity contribution in [3.05, 3.63) is 30.5 Å². The van der Waals surface area contributed by atoms with Crippen LogP contribution < -0.4 is 0 Å². The molecule has 2 aromatic rings. The molecule has 0 spiro atoms. The van der Waals surface area contributed by atoms with Gasteiger partial charge in [0.15, 0.2) is 5.88 Å². The van der Waals surface area contributed by atoms with Crippen molar-refractivity contribution in [2.24, 2.45) is 0 Å². The topological polar surface area (TPSA) is 25.2 Å². The normalized spacial score (nSPS) is 11.3. The van der Waals surface area contributed by atoms with Crippen LogP contribution in [0, 0.1) is 0 Å². The maximum absolute atomic E-state index is 9.82. The molecule has 0 radical (unpaired) electrons. The van der Waals surface area contributed by atoms with Crippen LogP contribution in [0.15, 0.2) is 30.5 Å². The zero-order chi connectivity index (χ0) is 9.42. The van der Waals surface area contributed by atoms with Gasteiger partial charge in [-0.3, -0.25) is 0 Å². The fourth-order valence-corrected chi connectivity index (χ4v) is 1.56. The van der Waals surface area contributed by atoms with Crippen molar-refractivity contribution in [2.45, 2.75) is 19.9 Å². The average molecular weight is 175 g/mol. The molecule has 1 heterocycles. The van der Waals surface area contributed by atoms with Gasteiger partial charge in [0.1, 0.15) is 0 Å². The van der Waals surface area contributed by atoms with E-state index < -0.39 is 0 Å². The van der Waals surface area contributed by atoms with Gasteiger partial charge < -0.3 is 9.67 Å². The molecular weight excluding hydrogens is 162 g/mol. The summed E-state index contributed by atoms with van der Waals surface area (Å²) in [6.07, 6.45) is 1.98. The van der Waals surface area contributed by atoms with Crippen LogP contribution in [0.25, 0.3) is 10.8 Å². The Morgan fingerprint density at radius 2 is 1.92 bits per heavy atom. The number of fused-ring (bicyclic) bond motifs is 1. The molecule has 68 valence electrons. The Labute approximate surface area is 77.4 Å². The van der Waals surface area contributed by atoms with E-state index in [9.17, 15) is 5.11 Å². The van der Waals surface area contributed by atoms with Crippen LogP contribution in [0.5, 0.6) is 5.88 Å². The number of rotatable bonds is 1. The Morgan fingerprint density at radius 1 is 1.23 bits per heavy atom. The van der Waals surface area contributed by atoms with E-state index in [0.717, 1.165) is 10.8 Å². The lowest BCUT2D eigenvalue weighted by Gasteiger charge is -2.07. The summed E-state index contributed by atoms with van der Waals surface area (Å²) in [6.45, 7) is 4.11. The minimum absolute atomic E-state index is 0.299. The summed E-state index contributed by atoms with van der Waals surface area (Å²) >= 11 is 0. The highest BCUT2D eigenvalue weighted by atomic mass is 16.3. The van der Waals surface area contributed by atoms with Crippen molar-refractivity contribution in [1.29, 1.82) is 0 Å². The van der Waals surface area contributed by atoms with Crippen molar-refractivity contribution in [3.63, 3.8) is 0 Å². The molecule has 1 N–H and O–H groups in total. The van der Waals surface area contributed by atoms with Crippen LogP contribution in [-0.4, -0.2) is 9.67 Å². The number of nitrogens with zero attached hydrogens (tertiary/aromatic N) is 1. The van der Waals surface area contributed by atoms with Crippen LogP contribution in [0.4, 0.5) is 0 Å². The number of hydrogen-bond acceptors (Lipinski definition) is 1. The molecular formula is C11H13NO. The lowest BCUT2D eigenvalue weighted by Crippen LogP contribution is -1.96. The van der Waals surface area contributed by atoms with Crippen molar-refractivity contribution >= 4 is 10.8 Å². The number of aromatic nitrogens is 1. The third-order valence-corrected chi connectivity index (χ3v) is 2.28. The number of benzene rings is 1. The summed E-state index contributed by atoms with van der Waals surface area (Å²) in [5, 5.41) is 11.8. The number of aromatic hydroxyl groups is 1. The highest BCUT2D eigenvalue weighted by Crippen LogP contribution is 2.29. The molecule has 0 saturated heterocycles. The standard InChI is InChI=1S/C11H13NO/c1-8(2)12-7-9-5-3-4-6-10(9)11(12)13/h3-8,13H,1-2H3. The summed E-state index contributed by atoms with van der Waals surface area (Å²) in [6, 6.07) is 8.16. The molecule has 0 amide bonds. The molecule has 0 aliphatic heterocycles. The average Bonchev–Trinajstić information content (AvgIpc) is 2.45. The molecule has 0 aliphatic rings. The summed E-state index contributed by atoms with van der Waals surface area (Å²) in [4.78, 5) is 0. The van der Waals surface area contributed by atoms with E-state index in [-0.39, 0.29) is 0 Å². The molecule has 13 heavy (non-hydrogen) atoms. The number of hydrogen-bond donors (Lipinski definition) is 1. The van der Waals surface area contributed by atoms with Gasteiger partial charge in [-0.05, 0) is 19.9 Å². The van der Waals surface area contributed by atoms with Crippen molar-refractivity contribution in [1.82, 2.24) is 4.57 Å². The molecule has 0 aliphatic carbocycles. The van der Waals surface area contributed by atoms with E-state index in [1.807, 2.05) is 35.0 Å². The van der Waals surface area contributed by atoms with E-state index in [4.69, 9.17) is 0 Å². The molecule has 0 unspecified atom stereocenters. The largest absolute Gasteiger partial charge is 0.494 e. The van der Waals surface area contributed by atoms with Gasteiger partial charge in [-0.1, -0.05) is 18.2 Å². The van der Waals surface area contributed by atoms with E-state index in [1.54, 1.807) is 0 Å². The summed E-state index contributed by atoms with van der Waals surface area (Å²) in [5.41, 5.74) is 0. The van der Waals surface area contributed by atoms with Crippen molar-refractivity contribution in [3.8, 4) is 5.88 Å². The van der Waals surface area contributed by atoms with Gasteiger partial charge in [0, 0.05) is 23.0 Å². The summed E-state index contributed by atoms with van der Waals surface area (Å²) in [7, 11) is 0.